The summed E-state index contributed by atoms with van der Waals surface area (Å²) in [5.41, 5.74) is 4.63. The van der Waals surface area contributed by atoms with E-state index in [1.807, 2.05) is 26.0 Å². The van der Waals surface area contributed by atoms with Gasteiger partial charge in [-0.2, -0.15) is 15.6 Å². The summed E-state index contributed by atoms with van der Waals surface area (Å²) < 4.78 is 0. The second kappa shape index (κ2) is 7.98. The number of hydrogen-bond acceptors (Lipinski definition) is 6. The fraction of sp³-hybridized carbons (Fsp3) is 0.409. The molecule has 0 atom stereocenters. The van der Waals surface area contributed by atoms with Crippen LogP contribution in [0.5, 0.6) is 0 Å². The molecule has 0 amide bonds. The number of aromatic nitrogens is 2. The van der Waals surface area contributed by atoms with E-state index in [-0.39, 0.29) is 5.92 Å². The van der Waals surface area contributed by atoms with E-state index in [9.17, 15) is 10.5 Å². The molecule has 29 heavy (non-hydrogen) atoms. The summed E-state index contributed by atoms with van der Waals surface area (Å²) in [6.07, 6.45) is 2.34. The summed E-state index contributed by atoms with van der Waals surface area (Å²) in [5.74, 6) is 1.11. The second-order valence-corrected chi connectivity index (χ2v) is 7.81. The molecule has 2 aromatic rings. The van der Waals surface area contributed by atoms with Gasteiger partial charge in [0, 0.05) is 23.3 Å². The van der Waals surface area contributed by atoms with E-state index in [4.69, 9.17) is 0 Å². The number of rotatable bonds is 4. The fourth-order valence-corrected chi connectivity index (χ4v) is 4.30. The van der Waals surface area contributed by atoms with E-state index < -0.39 is 0 Å². The number of dihydropyridines is 1. The number of nitrogens with one attached hydrogen (secondary N) is 4. The molecule has 1 aromatic heterocycles. The molecule has 2 aliphatic heterocycles. The van der Waals surface area contributed by atoms with Gasteiger partial charge in [0.15, 0.2) is 5.82 Å². The molecule has 0 unspecified atom stereocenters. The molecular weight excluding hydrogens is 362 g/mol. The van der Waals surface area contributed by atoms with Gasteiger partial charge in [0.2, 0.25) is 0 Å². The first-order valence-electron chi connectivity index (χ1n) is 10.0. The van der Waals surface area contributed by atoms with Crippen molar-refractivity contribution in [1.82, 2.24) is 20.8 Å². The quantitative estimate of drug-likeness (QED) is 0.641. The van der Waals surface area contributed by atoms with E-state index in [1.54, 1.807) is 0 Å². The number of H-pyrrole nitrogens is 1. The number of aromatic amines is 1. The highest BCUT2D eigenvalue weighted by Crippen LogP contribution is 2.38. The molecule has 7 heteroatoms. The van der Waals surface area contributed by atoms with Crippen LogP contribution < -0.4 is 16.0 Å². The van der Waals surface area contributed by atoms with Crippen LogP contribution in [0.3, 0.4) is 0 Å². The van der Waals surface area contributed by atoms with Crippen molar-refractivity contribution in [3.63, 3.8) is 0 Å². The highest BCUT2D eigenvalue weighted by molar-refractivity contribution is 5.90. The van der Waals surface area contributed by atoms with Gasteiger partial charge in [-0.05, 0) is 63.4 Å². The Morgan fingerprint density at radius 2 is 1.79 bits per heavy atom. The summed E-state index contributed by atoms with van der Waals surface area (Å²) in [5, 5.41) is 38.0. The predicted octanol–water partition coefficient (Wildman–Crippen LogP) is 3.26. The Balaban J connectivity index is 1.68. The average molecular weight is 387 g/mol. The SMILES string of the molecule is CC1=C(C#N)C(c2ccc3[nH]nc(NCC4CCNCC4)c3c2)C(C#N)=C(C)N1. The lowest BCUT2D eigenvalue weighted by Gasteiger charge is -2.26. The zero-order valence-electron chi connectivity index (χ0n) is 16.8. The topological polar surface area (TPSA) is 112 Å². The first kappa shape index (κ1) is 19.0. The molecule has 3 heterocycles. The van der Waals surface area contributed by atoms with Crippen molar-refractivity contribution in [2.45, 2.75) is 32.6 Å². The van der Waals surface area contributed by atoms with Gasteiger partial charge in [0.1, 0.15) is 0 Å². The van der Waals surface area contributed by atoms with Gasteiger partial charge in [-0.1, -0.05) is 6.07 Å². The number of anilines is 1. The molecule has 0 bridgehead atoms. The molecule has 7 nitrogen and oxygen atoms in total. The standard InChI is InChI=1S/C22H25N7/c1-13-18(10-23)21(19(11-24)14(2)27-13)16-3-4-20-17(9-16)22(29-28-20)26-12-15-5-7-25-8-6-15/h3-4,9,15,21,25,27H,5-8,12H2,1-2H3,(H2,26,28,29). The number of benzene rings is 1. The van der Waals surface area contributed by atoms with Crippen LogP contribution >= 0.6 is 0 Å². The predicted molar refractivity (Wildman–Crippen MR) is 113 cm³/mol. The zero-order chi connectivity index (χ0) is 20.4. The first-order chi connectivity index (χ1) is 14.1. The minimum absolute atomic E-state index is 0.359. The molecule has 0 saturated carbocycles. The molecule has 0 radical (unpaired) electrons. The smallest absolute Gasteiger partial charge is 0.155 e. The minimum atomic E-state index is -0.359. The van der Waals surface area contributed by atoms with Crippen molar-refractivity contribution in [3.8, 4) is 12.1 Å². The molecule has 1 fully saturated rings. The van der Waals surface area contributed by atoms with Crippen molar-refractivity contribution < 1.29 is 0 Å². The number of nitrogens with zero attached hydrogens (tertiary/aromatic N) is 3. The Bertz CT molecular complexity index is 1030. The number of fused-ring (bicyclic) bond motifs is 1. The number of allylic oxidation sites excluding steroid dienone is 4. The first-order valence-corrected chi connectivity index (χ1v) is 10.0. The Morgan fingerprint density at radius 3 is 2.45 bits per heavy atom. The Labute approximate surface area is 170 Å². The van der Waals surface area contributed by atoms with Crippen LogP contribution in [0.15, 0.2) is 40.7 Å². The highest BCUT2D eigenvalue weighted by atomic mass is 15.2. The lowest BCUT2D eigenvalue weighted by Crippen LogP contribution is -2.31. The second-order valence-electron chi connectivity index (χ2n) is 7.81. The zero-order valence-corrected chi connectivity index (χ0v) is 16.8. The number of nitriles is 2. The van der Waals surface area contributed by atoms with Gasteiger partial charge >= 0.3 is 0 Å². The summed E-state index contributed by atoms with van der Waals surface area (Å²) in [6, 6.07) is 10.6. The maximum Gasteiger partial charge on any atom is 0.155 e. The molecule has 2 aliphatic rings. The maximum absolute atomic E-state index is 9.73. The van der Waals surface area contributed by atoms with E-state index in [0.717, 1.165) is 53.3 Å². The summed E-state index contributed by atoms with van der Waals surface area (Å²) in [4.78, 5) is 0. The lowest BCUT2D eigenvalue weighted by molar-refractivity contribution is 0.389. The van der Waals surface area contributed by atoms with Crippen LogP contribution in [-0.2, 0) is 0 Å². The molecule has 1 saturated heterocycles. The van der Waals surface area contributed by atoms with Crippen molar-refractivity contribution in [2.75, 3.05) is 25.0 Å². The van der Waals surface area contributed by atoms with Crippen LogP contribution in [0, 0.1) is 28.6 Å². The van der Waals surface area contributed by atoms with Gasteiger partial charge < -0.3 is 16.0 Å². The van der Waals surface area contributed by atoms with Crippen molar-refractivity contribution >= 4 is 16.7 Å². The third kappa shape index (κ3) is 3.57. The van der Waals surface area contributed by atoms with E-state index in [1.165, 1.54) is 12.8 Å². The lowest BCUT2D eigenvalue weighted by atomic mass is 9.81. The van der Waals surface area contributed by atoms with Gasteiger partial charge in [0.05, 0.1) is 34.7 Å². The normalized spacial score (nSPS) is 18.5. The van der Waals surface area contributed by atoms with Gasteiger partial charge in [0.25, 0.3) is 0 Å². The summed E-state index contributed by atoms with van der Waals surface area (Å²) in [7, 11) is 0. The van der Waals surface area contributed by atoms with Gasteiger partial charge in [-0.15, -0.1) is 0 Å². The minimum Gasteiger partial charge on any atom is -0.368 e. The van der Waals surface area contributed by atoms with Crippen LogP contribution in [0.4, 0.5) is 5.82 Å². The van der Waals surface area contributed by atoms with Gasteiger partial charge in [-0.25, -0.2) is 0 Å². The van der Waals surface area contributed by atoms with Gasteiger partial charge in [-0.3, -0.25) is 5.10 Å². The molecule has 4 rings (SSSR count). The van der Waals surface area contributed by atoms with Crippen LogP contribution in [0.2, 0.25) is 0 Å². The highest BCUT2D eigenvalue weighted by Gasteiger charge is 2.29. The van der Waals surface area contributed by atoms with Crippen molar-refractivity contribution in [2.24, 2.45) is 5.92 Å². The van der Waals surface area contributed by atoms with E-state index >= 15 is 0 Å². The van der Waals surface area contributed by atoms with Crippen LogP contribution in [-0.4, -0.2) is 29.8 Å². The van der Waals surface area contributed by atoms with Crippen molar-refractivity contribution in [1.29, 1.82) is 10.5 Å². The molecular formula is C22H25N7. The molecule has 4 N–H and O–H groups in total. The fourth-order valence-electron chi connectivity index (χ4n) is 4.30. The maximum atomic E-state index is 9.73. The van der Waals surface area contributed by atoms with Crippen LogP contribution in [0.1, 0.15) is 38.2 Å². The molecule has 0 aliphatic carbocycles. The molecule has 148 valence electrons. The molecule has 0 spiro atoms. The van der Waals surface area contributed by atoms with Crippen molar-refractivity contribution in [3.05, 3.63) is 46.3 Å². The third-order valence-electron chi connectivity index (χ3n) is 5.94. The van der Waals surface area contributed by atoms with Crippen LogP contribution in [0.25, 0.3) is 10.9 Å². The monoisotopic (exact) mass is 387 g/mol. The Hall–Kier alpha value is -3.29. The Morgan fingerprint density at radius 1 is 1.10 bits per heavy atom. The van der Waals surface area contributed by atoms with E-state index in [2.05, 4.69) is 44.4 Å². The summed E-state index contributed by atoms with van der Waals surface area (Å²) in [6.45, 7) is 6.79. The average Bonchev–Trinajstić information content (AvgIpc) is 3.14. The van der Waals surface area contributed by atoms with E-state index in [0.29, 0.717) is 17.1 Å². The summed E-state index contributed by atoms with van der Waals surface area (Å²) >= 11 is 0. The largest absolute Gasteiger partial charge is 0.368 e. The number of hydrogen-bond donors (Lipinski definition) is 4. The Kier molecular flexibility index (Phi) is 5.24. The number of piperidine rings is 1. The third-order valence-corrected chi connectivity index (χ3v) is 5.94. The molecule has 1 aromatic carbocycles.